The Hall–Kier alpha value is -0.340. The molecule has 0 aromatic carbocycles. The van der Waals surface area contributed by atoms with Crippen molar-refractivity contribution in [2.24, 2.45) is 5.92 Å². The number of halogens is 1. The molecule has 4 unspecified atom stereocenters. The highest BCUT2D eigenvalue weighted by molar-refractivity contribution is 6.32. The van der Waals surface area contributed by atoms with Crippen LogP contribution in [0.4, 0.5) is 0 Å². The van der Waals surface area contributed by atoms with E-state index in [1.807, 2.05) is 26.0 Å². The van der Waals surface area contributed by atoms with Crippen molar-refractivity contribution in [1.29, 1.82) is 0 Å². The molecule has 2 heterocycles. The summed E-state index contributed by atoms with van der Waals surface area (Å²) in [6.07, 6.45) is 4.47. The van der Waals surface area contributed by atoms with Gasteiger partial charge in [0.2, 0.25) is 0 Å². The Morgan fingerprint density at radius 3 is 3.00 bits per heavy atom. The average Bonchev–Trinajstić information content (AvgIpc) is 2.44. The molecule has 2 aliphatic rings. The SMILES string of the molecule is CCC1C(=O)C(Cl)C2C=CC1(C)O2. The van der Waals surface area contributed by atoms with E-state index in [1.165, 1.54) is 0 Å². The van der Waals surface area contributed by atoms with Gasteiger partial charge in [0.05, 0.1) is 11.5 Å². The van der Waals surface area contributed by atoms with Gasteiger partial charge in [0, 0.05) is 0 Å². The number of ether oxygens (including phenoxy) is 1. The first-order valence-corrected chi connectivity index (χ1v) is 5.07. The van der Waals surface area contributed by atoms with Crippen molar-refractivity contribution in [3.63, 3.8) is 0 Å². The van der Waals surface area contributed by atoms with Crippen LogP contribution in [0, 0.1) is 5.92 Å². The van der Waals surface area contributed by atoms with Crippen LogP contribution in [-0.4, -0.2) is 22.9 Å². The molecule has 0 aromatic heterocycles. The largest absolute Gasteiger partial charge is 0.361 e. The van der Waals surface area contributed by atoms with Crippen LogP contribution < -0.4 is 0 Å². The van der Waals surface area contributed by atoms with E-state index in [4.69, 9.17) is 16.3 Å². The number of fused-ring (bicyclic) bond motifs is 2. The van der Waals surface area contributed by atoms with E-state index in [0.717, 1.165) is 6.42 Å². The average molecular weight is 201 g/mol. The van der Waals surface area contributed by atoms with Gasteiger partial charge >= 0.3 is 0 Å². The van der Waals surface area contributed by atoms with E-state index in [2.05, 4.69) is 0 Å². The molecular weight excluding hydrogens is 188 g/mol. The second-order valence-corrected chi connectivity index (χ2v) is 4.36. The Bertz CT molecular complexity index is 274. The number of hydrogen-bond acceptors (Lipinski definition) is 2. The normalized spacial score (nSPS) is 48.5. The predicted molar refractivity (Wildman–Crippen MR) is 50.8 cm³/mol. The highest BCUT2D eigenvalue weighted by atomic mass is 35.5. The van der Waals surface area contributed by atoms with E-state index in [1.54, 1.807) is 0 Å². The Balaban J connectivity index is 2.35. The third-order valence-corrected chi connectivity index (χ3v) is 3.47. The first-order valence-electron chi connectivity index (χ1n) is 4.63. The number of carbonyl (C=O) groups excluding carboxylic acids is 1. The zero-order valence-corrected chi connectivity index (χ0v) is 8.54. The van der Waals surface area contributed by atoms with Crippen molar-refractivity contribution in [2.75, 3.05) is 0 Å². The molecule has 72 valence electrons. The predicted octanol–water partition coefficient (Wildman–Crippen LogP) is 1.92. The summed E-state index contributed by atoms with van der Waals surface area (Å²) in [5.41, 5.74) is -0.401. The summed E-state index contributed by atoms with van der Waals surface area (Å²) in [4.78, 5) is 11.8. The second-order valence-electron chi connectivity index (χ2n) is 3.89. The number of Topliss-reactive ketones (excluding diaryl/α,β-unsaturated/α-hetero) is 1. The van der Waals surface area contributed by atoms with E-state index >= 15 is 0 Å². The fraction of sp³-hybridized carbons (Fsp3) is 0.700. The lowest BCUT2D eigenvalue weighted by atomic mass is 9.82. The molecule has 2 aliphatic heterocycles. The smallest absolute Gasteiger partial charge is 0.159 e. The quantitative estimate of drug-likeness (QED) is 0.478. The standard InChI is InChI=1S/C10H13ClO2/c1-3-6-9(12)8(11)7-4-5-10(6,2)13-7/h4-8H,3H2,1-2H3. The first-order chi connectivity index (χ1) is 6.08. The minimum Gasteiger partial charge on any atom is -0.361 e. The van der Waals surface area contributed by atoms with Gasteiger partial charge in [-0.1, -0.05) is 19.1 Å². The first kappa shape index (κ1) is 9.22. The van der Waals surface area contributed by atoms with E-state index in [-0.39, 0.29) is 17.8 Å². The van der Waals surface area contributed by atoms with E-state index < -0.39 is 11.0 Å². The van der Waals surface area contributed by atoms with Crippen molar-refractivity contribution >= 4 is 17.4 Å². The maximum absolute atomic E-state index is 11.8. The molecule has 1 fully saturated rings. The molecule has 0 radical (unpaired) electrons. The summed E-state index contributed by atoms with van der Waals surface area (Å²) >= 11 is 5.97. The van der Waals surface area contributed by atoms with Crippen molar-refractivity contribution in [3.05, 3.63) is 12.2 Å². The molecule has 2 rings (SSSR count). The molecule has 13 heavy (non-hydrogen) atoms. The van der Waals surface area contributed by atoms with Gasteiger partial charge in [-0.2, -0.15) is 0 Å². The lowest BCUT2D eigenvalue weighted by Gasteiger charge is -2.38. The minimum absolute atomic E-state index is 0.0787. The van der Waals surface area contributed by atoms with Crippen LogP contribution in [0.2, 0.25) is 0 Å². The van der Waals surface area contributed by atoms with E-state index in [0.29, 0.717) is 0 Å². The van der Waals surface area contributed by atoms with Gasteiger partial charge in [0.1, 0.15) is 11.5 Å². The molecule has 2 nitrogen and oxygen atoms in total. The van der Waals surface area contributed by atoms with Crippen LogP contribution in [0.1, 0.15) is 20.3 Å². The summed E-state index contributed by atoms with van der Waals surface area (Å²) in [5.74, 6) is 0.0536. The fourth-order valence-electron chi connectivity index (χ4n) is 2.26. The lowest BCUT2D eigenvalue weighted by molar-refractivity contribution is -0.146. The monoisotopic (exact) mass is 200 g/mol. The van der Waals surface area contributed by atoms with E-state index in [9.17, 15) is 4.79 Å². The fourth-order valence-corrected chi connectivity index (χ4v) is 2.54. The highest BCUT2D eigenvalue weighted by Gasteiger charge is 2.51. The summed E-state index contributed by atoms with van der Waals surface area (Å²) in [7, 11) is 0. The summed E-state index contributed by atoms with van der Waals surface area (Å²) in [6, 6.07) is 0. The zero-order chi connectivity index (χ0) is 9.64. The van der Waals surface area contributed by atoms with Crippen LogP contribution in [0.15, 0.2) is 12.2 Å². The molecule has 0 amide bonds. The van der Waals surface area contributed by atoms with Crippen LogP contribution in [0.3, 0.4) is 0 Å². The van der Waals surface area contributed by atoms with Crippen molar-refractivity contribution < 1.29 is 9.53 Å². The van der Waals surface area contributed by atoms with Crippen LogP contribution in [0.5, 0.6) is 0 Å². The minimum atomic E-state index is -0.489. The lowest BCUT2D eigenvalue weighted by Crippen LogP contribution is -2.50. The van der Waals surface area contributed by atoms with Crippen LogP contribution >= 0.6 is 11.6 Å². The second kappa shape index (κ2) is 2.82. The van der Waals surface area contributed by atoms with Crippen molar-refractivity contribution in [1.82, 2.24) is 0 Å². The van der Waals surface area contributed by atoms with Gasteiger partial charge in [-0.05, 0) is 13.3 Å². The van der Waals surface area contributed by atoms with Gasteiger partial charge in [0.15, 0.2) is 5.78 Å². The molecule has 2 bridgehead atoms. The molecule has 0 spiro atoms. The van der Waals surface area contributed by atoms with Gasteiger partial charge in [-0.15, -0.1) is 11.6 Å². The molecular formula is C10H13ClO2. The third kappa shape index (κ3) is 1.16. The molecule has 0 aliphatic carbocycles. The number of carbonyl (C=O) groups is 1. The number of hydrogen-bond donors (Lipinski definition) is 0. The third-order valence-electron chi connectivity index (χ3n) is 3.01. The summed E-state index contributed by atoms with van der Waals surface area (Å²) in [5, 5.41) is -0.489. The van der Waals surface area contributed by atoms with Gasteiger partial charge in [-0.25, -0.2) is 0 Å². The van der Waals surface area contributed by atoms with Gasteiger partial charge in [-0.3, -0.25) is 4.79 Å². The topological polar surface area (TPSA) is 26.3 Å². The maximum Gasteiger partial charge on any atom is 0.159 e. The van der Waals surface area contributed by atoms with Crippen molar-refractivity contribution in [3.8, 4) is 0 Å². The Labute approximate surface area is 82.9 Å². The van der Waals surface area contributed by atoms with Crippen LogP contribution in [-0.2, 0) is 9.53 Å². The Morgan fingerprint density at radius 1 is 1.69 bits per heavy atom. The Kier molecular flexibility index (Phi) is 2.00. The summed E-state index contributed by atoms with van der Waals surface area (Å²) in [6.45, 7) is 3.95. The molecule has 0 aromatic rings. The zero-order valence-electron chi connectivity index (χ0n) is 7.79. The number of alkyl halides is 1. The molecule has 1 saturated heterocycles. The molecule has 0 N–H and O–H groups in total. The van der Waals surface area contributed by atoms with Crippen molar-refractivity contribution in [2.45, 2.75) is 37.4 Å². The number of ketones is 1. The molecule has 4 atom stereocenters. The maximum atomic E-state index is 11.8. The van der Waals surface area contributed by atoms with Gasteiger partial charge < -0.3 is 4.74 Å². The van der Waals surface area contributed by atoms with Crippen LogP contribution in [0.25, 0.3) is 0 Å². The highest BCUT2D eigenvalue weighted by Crippen LogP contribution is 2.41. The Morgan fingerprint density at radius 2 is 2.38 bits per heavy atom. The number of rotatable bonds is 1. The van der Waals surface area contributed by atoms with Gasteiger partial charge in [0.25, 0.3) is 0 Å². The molecule has 3 heteroatoms. The molecule has 0 saturated carbocycles. The summed E-state index contributed by atoms with van der Waals surface area (Å²) < 4.78 is 5.71.